The van der Waals surface area contributed by atoms with Crippen LogP contribution in [0.3, 0.4) is 0 Å². The van der Waals surface area contributed by atoms with Gasteiger partial charge in [-0.2, -0.15) is 0 Å². The number of guanidine groups is 1. The minimum absolute atomic E-state index is 0. The predicted octanol–water partition coefficient (Wildman–Crippen LogP) is 3.61. The molecule has 0 atom stereocenters. The number of hydrogen-bond donors (Lipinski definition) is 2. The van der Waals surface area contributed by atoms with Crippen LogP contribution in [0.2, 0.25) is 0 Å². The van der Waals surface area contributed by atoms with Gasteiger partial charge < -0.3 is 10.6 Å². The third-order valence-corrected chi connectivity index (χ3v) is 3.77. The van der Waals surface area contributed by atoms with Crippen LogP contribution in [-0.4, -0.2) is 25.1 Å². The largest absolute Gasteiger partial charge is 0.357 e. The molecule has 1 aromatic rings. The molecular weight excluding hydrogens is 373 g/mol. The molecule has 3 nitrogen and oxygen atoms in total. The fraction of sp³-hybridized carbons (Fsp3) is 0.588. The van der Waals surface area contributed by atoms with E-state index in [4.69, 9.17) is 4.99 Å². The Kier molecular flexibility index (Phi) is 6.97. The summed E-state index contributed by atoms with van der Waals surface area (Å²) in [5.74, 6) is 0.955. The standard InChI is InChI=1S/C17H27N3.HI/c1-5-18-16(20-14-10-11-14)19-12-17(3,4)15-9-7-6-8-13(15)2;/h6-9,14H,5,10-12H2,1-4H3,(H2,18,19,20);1H. The lowest BCUT2D eigenvalue weighted by Crippen LogP contribution is -2.39. The quantitative estimate of drug-likeness (QED) is 0.449. The highest BCUT2D eigenvalue weighted by molar-refractivity contribution is 14.0. The van der Waals surface area contributed by atoms with Gasteiger partial charge in [-0.3, -0.25) is 4.99 Å². The van der Waals surface area contributed by atoms with E-state index in [0.29, 0.717) is 6.04 Å². The van der Waals surface area contributed by atoms with Crippen LogP contribution in [-0.2, 0) is 5.41 Å². The van der Waals surface area contributed by atoms with E-state index in [-0.39, 0.29) is 29.4 Å². The van der Waals surface area contributed by atoms with Crippen molar-refractivity contribution in [3.8, 4) is 0 Å². The van der Waals surface area contributed by atoms with Crippen molar-refractivity contribution in [1.29, 1.82) is 0 Å². The lowest BCUT2D eigenvalue weighted by atomic mass is 9.82. The molecule has 0 amide bonds. The summed E-state index contributed by atoms with van der Waals surface area (Å²) in [7, 11) is 0. The molecule has 2 rings (SSSR count). The highest BCUT2D eigenvalue weighted by Gasteiger charge is 2.24. The van der Waals surface area contributed by atoms with Crippen molar-refractivity contribution in [2.75, 3.05) is 13.1 Å². The molecular formula is C17H28IN3. The van der Waals surface area contributed by atoms with Gasteiger partial charge in [-0.1, -0.05) is 38.1 Å². The Morgan fingerprint density at radius 1 is 1.29 bits per heavy atom. The summed E-state index contributed by atoms with van der Waals surface area (Å²) in [6.07, 6.45) is 2.54. The van der Waals surface area contributed by atoms with Crippen LogP contribution >= 0.6 is 24.0 Å². The molecule has 0 bridgehead atoms. The SMILES string of the molecule is CCNC(=NCC(C)(C)c1ccccc1C)NC1CC1.I. The maximum atomic E-state index is 4.78. The molecule has 21 heavy (non-hydrogen) atoms. The number of nitrogens with one attached hydrogen (secondary N) is 2. The van der Waals surface area contributed by atoms with Gasteiger partial charge in [-0.05, 0) is 37.8 Å². The lowest BCUT2D eigenvalue weighted by Gasteiger charge is -2.25. The van der Waals surface area contributed by atoms with E-state index >= 15 is 0 Å². The molecule has 0 aromatic heterocycles. The first-order valence-electron chi connectivity index (χ1n) is 7.64. The van der Waals surface area contributed by atoms with E-state index < -0.39 is 0 Å². The average Bonchev–Trinajstić information content (AvgIpc) is 3.21. The molecule has 0 heterocycles. The summed E-state index contributed by atoms with van der Waals surface area (Å²) in [4.78, 5) is 4.78. The Balaban J connectivity index is 0.00000220. The Morgan fingerprint density at radius 3 is 2.52 bits per heavy atom. The third-order valence-electron chi connectivity index (χ3n) is 3.77. The lowest BCUT2D eigenvalue weighted by molar-refractivity contribution is 0.534. The first-order chi connectivity index (χ1) is 9.53. The molecule has 1 fully saturated rings. The number of aliphatic imine (C=N–C) groups is 1. The van der Waals surface area contributed by atoms with E-state index in [1.54, 1.807) is 0 Å². The molecule has 0 aliphatic heterocycles. The van der Waals surface area contributed by atoms with Crippen molar-refractivity contribution < 1.29 is 0 Å². The van der Waals surface area contributed by atoms with Crippen LogP contribution in [0.5, 0.6) is 0 Å². The zero-order valence-corrected chi connectivity index (χ0v) is 15.9. The topological polar surface area (TPSA) is 36.4 Å². The highest BCUT2D eigenvalue weighted by Crippen LogP contribution is 2.26. The molecule has 1 aromatic carbocycles. The van der Waals surface area contributed by atoms with E-state index in [1.165, 1.54) is 24.0 Å². The van der Waals surface area contributed by atoms with Crippen LogP contribution < -0.4 is 10.6 Å². The summed E-state index contributed by atoms with van der Waals surface area (Å²) in [6.45, 7) is 10.5. The van der Waals surface area contributed by atoms with Gasteiger partial charge in [0.25, 0.3) is 0 Å². The van der Waals surface area contributed by atoms with Gasteiger partial charge in [0.15, 0.2) is 5.96 Å². The summed E-state index contributed by atoms with van der Waals surface area (Å²) in [6, 6.07) is 9.23. The number of nitrogens with zero attached hydrogens (tertiary/aromatic N) is 1. The normalized spacial score (nSPS) is 15.3. The molecule has 1 aliphatic rings. The van der Waals surface area contributed by atoms with Gasteiger partial charge >= 0.3 is 0 Å². The molecule has 0 radical (unpaired) electrons. The maximum absolute atomic E-state index is 4.78. The van der Waals surface area contributed by atoms with Gasteiger partial charge in [-0.25, -0.2) is 0 Å². The summed E-state index contributed by atoms with van der Waals surface area (Å²) >= 11 is 0. The van der Waals surface area contributed by atoms with Crippen LogP contribution in [0.15, 0.2) is 29.3 Å². The van der Waals surface area contributed by atoms with Crippen molar-refractivity contribution in [3.63, 3.8) is 0 Å². The number of rotatable bonds is 5. The van der Waals surface area contributed by atoms with Gasteiger partial charge in [0, 0.05) is 18.0 Å². The zero-order chi connectivity index (χ0) is 14.6. The molecule has 2 N–H and O–H groups in total. The monoisotopic (exact) mass is 401 g/mol. The van der Waals surface area contributed by atoms with E-state index in [1.807, 2.05) is 0 Å². The Hall–Kier alpha value is -0.780. The fourth-order valence-corrected chi connectivity index (χ4v) is 2.44. The third kappa shape index (κ3) is 5.49. The van der Waals surface area contributed by atoms with Crippen molar-refractivity contribution >= 4 is 29.9 Å². The van der Waals surface area contributed by atoms with Crippen LogP contribution in [0.1, 0.15) is 44.7 Å². The summed E-state index contributed by atoms with van der Waals surface area (Å²) in [5.41, 5.74) is 2.77. The van der Waals surface area contributed by atoms with Gasteiger partial charge in [0.1, 0.15) is 0 Å². The second-order valence-corrected chi connectivity index (χ2v) is 6.31. The Labute approximate surface area is 146 Å². The van der Waals surface area contributed by atoms with E-state index in [9.17, 15) is 0 Å². The predicted molar refractivity (Wildman–Crippen MR) is 102 cm³/mol. The number of halogens is 1. The van der Waals surface area contributed by atoms with Crippen molar-refractivity contribution in [3.05, 3.63) is 35.4 Å². The molecule has 118 valence electrons. The average molecular weight is 401 g/mol. The minimum Gasteiger partial charge on any atom is -0.357 e. The molecule has 1 aliphatic carbocycles. The molecule has 0 spiro atoms. The van der Waals surface area contributed by atoms with Crippen LogP contribution in [0, 0.1) is 6.92 Å². The van der Waals surface area contributed by atoms with Crippen molar-refractivity contribution in [1.82, 2.24) is 10.6 Å². The maximum Gasteiger partial charge on any atom is 0.191 e. The molecule has 1 saturated carbocycles. The van der Waals surface area contributed by atoms with Crippen molar-refractivity contribution in [2.45, 2.75) is 52.0 Å². The Morgan fingerprint density at radius 2 is 1.95 bits per heavy atom. The van der Waals surface area contributed by atoms with Gasteiger partial charge in [-0.15, -0.1) is 24.0 Å². The first kappa shape index (κ1) is 18.3. The zero-order valence-electron chi connectivity index (χ0n) is 13.6. The molecule has 0 saturated heterocycles. The van der Waals surface area contributed by atoms with E-state index in [2.05, 4.69) is 62.6 Å². The second-order valence-electron chi connectivity index (χ2n) is 6.31. The molecule has 0 unspecified atom stereocenters. The van der Waals surface area contributed by atoms with Gasteiger partial charge in [0.2, 0.25) is 0 Å². The smallest absolute Gasteiger partial charge is 0.191 e. The van der Waals surface area contributed by atoms with Crippen LogP contribution in [0.25, 0.3) is 0 Å². The fourth-order valence-electron chi connectivity index (χ4n) is 2.44. The summed E-state index contributed by atoms with van der Waals surface area (Å²) < 4.78 is 0. The minimum atomic E-state index is 0. The van der Waals surface area contributed by atoms with Crippen molar-refractivity contribution in [2.24, 2.45) is 4.99 Å². The van der Waals surface area contributed by atoms with E-state index in [0.717, 1.165) is 19.0 Å². The number of aryl methyl sites for hydroxylation is 1. The summed E-state index contributed by atoms with van der Waals surface area (Å²) in [5, 5.41) is 6.80. The van der Waals surface area contributed by atoms with Crippen LogP contribution in [0.4, 0.5) is 0 Å². The molecule has 4 heteroatoms. The highest BCUT2D eigenvalue weighted by atomic mass is 127. The number of hydrogen-bond acceptors (Lipinski definition) is 1. The second kappa shape index (κ2) is 8.01. The number of benzene rings is 1. The first-order valence-corrected chi connectivity index (χ1v) is 7.64. The van der Waals surface area contributed by atoms with Gasteiger partial charge in [0.05, 0.1) is 6.54 Å². The Bertz CT molecular complexity index is 479.